The monoisotopic (exact) mass is 243 g/mol. The molecule has 0 radical (unpaired) electrons. The van der Waals surface area contributed by atoms with Crippen molar-refractivity contribution in [3.63, 3.8) is 0 Å². The highest BCUT2D eigenvalue weighted by Crippen LogP contribution is 2.31. The van der Waals surface area contributed by atoms with Crippen molar-refractivity contribution in [1.82, 2.24) is 0 Å². The molecule has 1 aliphatic carbocycles. The first-order chi connectivity index (χ1) is 8.63. The van der Waals surface area contributed by atoms with Crippen LogP contribution in [-0.4, -0.2) is 27.9 Å². The Labute approximate surface area is 104 Å². The topological polar surface area (TPSA) is 69.9 Å². The summed E-state index contributed by atoms with van der Waals surface area (Å²) < 4.78 is 0. The molecule has 2 N–H and O–H groups in total. The number of phenolic OH excluding ortho intramolecular Hbond substituents is 1. The van der Waals surface area contributed by atoms with E-state index in [1.54, 1.807) is 12.1 Å². The van der Waals surface area contributed by atoms with Gasteiger partial charge in [-0.3, -0.25) is 4.99 Å². The van der Waals surface area contributed by atoms with Gasteiger partial charge in [0, 0.05) is 5.71 Å². The fourth-order valence-corrected chi connectivity index (χ4v) is 2.53. The molecule has 2 aliphatic rings. The Morgan fingerprint density at radius 1 is 1.39 bits per heavy atom. The van der Waals surface area contributed by atoms with Gasteiger partial charge in [-0.2, -0.15) is 0 Å². The zero-order valence-electron chi connectivity index (χ0n) is 9.76. The predicted octanol–water partition coefficient (Wildman–Crippen LogP) is 2.02. The highest BCUT2D eigenvalue weighted by molar-refractivity contribution is 6.07. The summed E-state index contributed by atoms with van der Waals surface area (Å²) in [5.74, 6) is -0.584. The number of hydrogen-bond donors (Lipinski definition) is 2. The number of aliphatic carboxylic acids is 1. The Balaban J connectivity index is 1.86. The molecule has 4 heteroatoms. The van der Waals surface area contributed by atoms with E-state index >= 15 is 0 Å². The number of carboxylic acids is 1. The van der Waals surface area contributed by atoms with E-state index in [4.69, 9.17) is 5.11 Å². The van der Waals surface area contributed by atoms with Gasteiger partial charge in [-0.15, -0.1) is 0 Å². The Hall–Kier alpha value is -2.10. The second-order valence-electron chi connectivity index (χ2n) is 4.70. The first-order valence-corrected chi connectivity index (χ1v) is 5.96. The molecule has 1 aliphatic heterocycles. The summed E-state index contributed by atoms with van der Waals surface area (Å²) >= 11 is 0. The average molecular weight is 243 g/mol. The second kappa shape index (κ2) is 3.98. The maximum atomic E-state index is 10.9. The summed E-state index contributed by atoms with van der Waals surface area (Å²) in [6.45, 7) is 0. The molecule has 1 unspecified atom stereocenters. The fraction of sp³-hybridized carbons (Fsp3) is 0.286. The summed E-state index contributed by atoms with van der Waals surface area (Å²) in [7, 11) is 0. The van der Waals surface area contributed by atoms with Gasteiger partial charge in [-0.25, -0.2) is 4.79 Å². The van der Waals surface area contributed by atoms with Gasteiger partial charge < -0.3 is 10.2 Å². The normalized spacial score (nSPS) is 21.4. The van der Waals surface area contributed by atoms with Gasteiger partial charge in [-0.1, -0.05) is 6.07 Å². The fourth-order valence-electron chi connectivity index (χ4n) is 2.53. The lowest BCUT2D eigenvalue weighted by Crippen LogP contribution is -2.13. The number of fused-ring (bicyclic) bond motifs is 1. The van der Waals surface area contributed by atoms with Gasteiger partial charge in [-0.05, 0) is 54.2 Å². The Bertz CT molecular complexity index is 587. The summed E-state index contributed by atoms with van der Waals surface area (Å²) in [4.78, 5) is 15.1. The molecule has 0 fully saturated rings. The molecule has 1 aromatic carbocycles. The van der Waals surface area contributed by atoms with Gasteiger partial charge in [0.2, 0.25) is 0 Å². The van der Waals surface area contributed by atoms with Crippen molar-refractivity contribution < 1.29 is 15.0 Å². The maximum absolute atomic E-state index is 10.9. The van der Waals surface area contributed by atoms with Crippen LogP contribution >= 0.6 is 0 Å². The lowest BCUT2D eigenvalue weighted by atomic mass is 10.0. The second-order valence-corrected chi connectivity index (χ2v) is 4.70. The zero-order chi connectivity index (χ0) is 12.7. The molecule has 0 aromatic heterocycles. The molecule has 1 heterocycles. The average Bonchev–Trinajstić information content (AvgIpc) is 2.93. The summed E-state index contributed by atoms with van der Waals surface area (Å²) in [5, 5.41) is 18.4. The molecule has 0 saturated carbocycles. The summed E-state index contributed by atoms with van der Waals surface area (Å²) in [6, 6.07) is 4.71. The standard InChI is InChI=1S/C14H13NO3/c16-11-2-1-8-5-10(6-9(8)7-11)12-3-4-13(15-12)14(17)18/h1-2,5,7,13,16H,3-4,6H2,(H,17,18). The first kappa shape index (κ1) is 11.0. The van der Waals surface area contributed by atoms with Crippen molar-refractivity contribution in [2.24, 2.45) is 4.99 Å². The van der Waals surface area contributed by atoms with Crippen molar-refractivity contribution in [2.75, 3.05) is 0 Å². The number of aliphatic imine (C=N–C) groups is 1. The van der Waals surface area contributed by atoms with Crippen LogP contribution in [-0.2, 0) is 11.2 Å². The minimum Gasteiger partial charge on any atom is -0.508 e. The van der Waals surface area contributed by atoms with E-state index in [0.29, 0.717) is 6.42 Å². The molecule has 18 heavy (non-hydrogen) atoms. The van der Waals surface area contributed by atoms with E-state index in [0.717, 1.165) is 35.3 Å². The van der Waals surface area contributed by atoms with Crippen LogP contribution in [0.5, 0.6) is 5.75 Å². The van der Waals surface area contributed by atoms with E-state index in [2.05, 4.69) is 4.99 Å². The molecule has 0 amide bonds. The van der Waals surface area contributed by atoms with E-state index < -0.39 is 12.0 Å². The van der Waals surface area contributed by atoms with Crippen molar-refractivity contribution in [1.29, 1.82) is 0 Å². The van der Waals surface area contributed by atoms with Crippen LogP contribution in [0.4, 0.5) is 0 Å². The van der Waals surface area contributed by atoms with Gasteiger partial charge in [0.05, 0.1) is 0 Å². The lowest BCUT2D eigenvalue weighted by Gasteiger charge is -2.01. The van der Waals surface area contributed by atoms with E-state index in [-0.39, 0.29) is 5.75 Å². The third-order valence-electron chi connectivity index (χ3n) is 3.46. The molecule has 1 atom stereocenters. The molecule has 0 spiro atoms. The molecule has 0 saturated heterocycles. The van der Waals surface area contributed by atoms with Crippen molar-refractivity contribution in [2.45, 2.75) is 25.3 Å². The summed E-state index contributed by atoms with van der Waals surface area (Å²) in [6.07, 6.45) is 4.08. The summed E-state index contributed by atoms with van der Waals surface area (Å²) in [5.41, 5.74) is 4.15. The van der Waals surface area contributed by atoms with Crippen LogP contribution in [0.25, 0.3) is 6.08 Å². The zero-order valence-corrected chi connectivity index (χ0v) is 9.76. The Morgan fingerprint density at radius 3 is 2.94 bits per heavy atom. The number of benzene rings is 1. The maximum Gasteiger partial charge on any atom is 0.328 e. The smallest absolute Gasteiger partial charge is 0.328 e. The van der Waals surface area contributed by atoms with Crippen LogP contribution in [0.15, 0.2) is 28.8 Å². The van der Waals surface area contributed by atoms with Crippen LogP contribution in [0.2, 0.25) is 0 Å². The third-order valence-corrected chi connectivity index (χ3v) is 3.46. The number of aromatic hydroxyl groups is 1. The third kappa shape index (κ3) is 1.79. The number of carboxylic acid groups (broad SMARTS) is 1. The largest absolute Gasteiger partial charge is 0.508 e. The van der Waals surface area contributed by atoms with E-state index in [9.17, 15) is 9.90 Å². The Kier molecular flexibility index (Phi) is 2.44. The predicted molar refractivity (Wildman–Crippen MR) is 67.9 cm³/mol. The van der Waals surface area contributed by atoms with Crippen LogP contribution in [0.1, 0.15) is 24.0 Å². The van der Waals surface area contributed by atoms with Crippen LogP contribution in [0, 0.1) is 0 Å². The highest BCUT2D eigenvalue weighted by atomic mass is 16.4. The molecular weight excluding hydrogens is 230 g/mol. The van der Waals surface area contributed by atoms with Gasteiger partial charge >= 0.3 is 5.97 Å². The van der Waals surface area contributed by atoms with Crippen LogP contribution < -0.4 is 0 Å². The SMILES string of the molecule is O=C(O)C1CCC(C2=Cc3ccc(O)cc3C2)=N1. The van der Waals surface area contributed by atoms with E-state index in [1.165, 1.54) is 0 Å². The highest BCUT2D eigenvalue weighted by Gasteiger charge is 2.27. The lowest BCUT2D eigenvalue weighted by molar-refractivity contribution is -0.138. The molecule has 92 valence electrons. The first-order valence-electron chi connectivity index (χ1n) is 5.96. The minimum absolute atomic E-state index is 0.264. The number of rotatable bonds is 2. The number of nitrogens with zero attached hydrogens (tertiary/aromatic N) is 1. The Morgan fingerprint density at radius 2 is 2.22 bits per heavy atom. The van der Waals surface area contributed by atoms with E-state index in [1.807, 2.05) is 12.1 Å². The number of allylic oxidation sites excluding steroid dienone is 1. The minimum atomic E-state index is -0.848. The molecule has 3 rings (SSSR count). The van der Waals surface area contributed by atoms with Gasteiger partial charge in [0.1, 0.15) is 11.8 Å². The van der Waals surface area contributed by atoms with Gasteiger partial charge in [0.15, 0.2) is 0 Å². The molecular formula is C14H13NO3. The van der Waals surface area contributed by atoms with Crippen molar-refractivity contribution in [3.05, 3.63) is 34.9 Å². The molecule has 1 aromatic rings. The quantitative estimate of drug-likeness (QED) is 0.834. The van der Waals surface area contributed by atoms with Crippen LogP contribution in [0.3, 0.4) is 0 Å². The van der Waals surface area contributed by atoms with Crippen molar-refractivity contribution >= 4 is 17.8 Å². The van der Waals surface area contributed by atoms with Gasteiger partial charge in [0.25, 0.3) is 0 Å². The molecule has 4 nitrogen and oxygen atoms in total. The number of hydrogen-bond acceptors (Lipinski definition) is 3. The van der Waals surface area contributed by atoms with Crippen molar-refractivity contribution in [3.8, 4) is 5.75 Å². The molecule has 0 bridgehead atoms. The number of carbonyl (C=O) groups is 1. The number of phenols is 1.